The van der Waals surface area contributed by atoms with E-state index in [-0.39, 0.29) is 23.8 Å². The van der Waals surface area contributed by atoms with Crippen molar-refractivity contribution < 1.29 is 19.1 Å². The molecule has 0 aromatic carbocycles. The third-order valence-corrected chi connectivity index (χ3v) is 4.92. The average Bonchev–Trinajstić information content (AvgIpc) is 2.55. The molecule has 0 aromatic rings. The normalized spacial score (nSPS) is 17.0. The Morgan fingerprint density at radius 3 is 2.41 bits per heavy atom. The molecule has 0 spiro atoms. The van der Waals surface area contributed by atoms with Gasteiger partial charge in [0.05, 0.1) is 25.0 Å². The quantitative estimate of drug-likeness (QED) is 0.325. The highest BCUT2D eigenvalue weighted by Gasteiger charge is 2.23. The average molecular weight is 377 g/mol. The molecule has 1 fully saturated rings. The monoisotopic (exact) mass is 376 g/mol. The first kappa shape index (κ1) is 19.5. The van der Waals surface area contributed by atoms with Gasteiger partial charge in [-0.2, -0.15) is 0 Å². The third-order valence-electron chi connectivity index (χ3n) is 4.14. The minimum atomic E-state index is -0.149. The second-order valence-electron chi connectivity index (χ2n) is 6.02. The largest absolute Gasteiger partial charge is 0.465 e. The molecule has 0 radical (unpaired) electrons. The fourth-order valence-corrected chi connectivity index (χ4v) is 3.24. The zero-order valence-corrected chi connectivity index (χ0v) is 15.2. The maximum atomic E-state index is 11.9. The summed E-state index contributed by atoms with van der Waals surface area (Å²) in [6.07, 6.45) is 8.75. The van der Waals surface area contributed by atoms with Crippen LogP contribution >= 0.6 is 15.9 Å². The molecule has 22 heavy (non-hydrogen) atoms. The molecule has 1 unspecified atom stereocenters. The standard InChI is InChI=1S/C17H29BrO4/c1-2-3-11-21-17(20)15(13-18)10-7-12-22-16(19)14-8-5-4-6-9-14/h14-15H,2-13H2,1H3. The minimum Gasteiger partial charge on any atom is -0.465 e. The van der Waals surface area contributed by atoms with Crippen LogP contribution in [0.15, 0.2) is 0 Å². The Balaban J connectivity index is 2.15. The van der Waals surface area contributed by atoms with Gasteiger partial charge in [-0.15, -0.1) is 0 Å². The van der Waals surface area contributed by atoms with Crippen LogP contribution in [0.5, 0.6) is 0 Å². The maximum Gasteiger partial charge on any atom is 0.309 e. The van der Waals surface area contributed by atoms with Gasteiger partial charge < -0.3 is 9.47 Å². The Hall–Kier alpha value is -0.580. The van der Waals surface area contributed by atoms with Crippen molar-refractivity contribution in [3.63, 3.8) is 0 Å². The van der Waals surface area contributed by atoms with E-state index in [1.54, 1.807) is 0 Å². The lowest BCUT2D eigenvalue weighted by atomic mass is 9.89. The molecule has 0 saturated heterocycles. The Kier molecular flexibility index (Phi) is 10.5. The van der Waals surface area contributed by atoms with Crippen molar-refractivity contribution in [1.82, 2.24) is 0 Å². The minimum absolute atomic E-state index is 0.0550. The SMILES string of the molecule is CCCCOC(=O)C(CBr)CCCOC(=O)C1CCCCC1. The van der Waals surface area contributed by atoms with Crippen LogP contribution in [0.1, 0.15) is 64.7 Å². The van der Waals surface area contributed by atoms with Crippen molar-refractivity contribution in [3.05, 3.63) is 0 Å². The van der Waals surface area contributed by atoms with E-state index in [1.165, 1.54) is 6.42 Å². The number of unbranched alkanes of at least 4 members (excludes halogenated alkanes) is 1. The van der Waals surface area contributed by atoms with Crippen LogP contribution < -0.4 is 0 Å². The van der Waals surface area contributed by atoms with E-state index in [1.807, 2.05) is 0 Å². The van der Waals surface area contributed by atoms with Crippen LogP contribution in [0, 0.1) is 11.8 Å². The number of alkyl halides is 1. The lowest BCUT2D eigenvalue weighted by molar-refractivity contribution is -0.150. The number of hydrogen-bond acceptors (Lipinski definition) is 4. The summed E-state index contributed by atoms with van der Waals surface area (Å²) in [5.74, 6) is -0.255. The van der Waals surface area contributed by atoms with Crippen molar-refractivity contribution >= 4 is 27.9 Å². The van der Waals surface area contributed by atoms with Crippen molar-refractivity contribution in [3.8, 4) is 0 Å². The molecular formula is C17H29BrO4. The zero-order chi connectivity index (χ0) is 16.2. The molecule has 0 bridgehead atoms. The zero-order valence-electron chi connectivity index (χ0n) is 13.7. The van der Waals surface area contributed by atoms with Crippen LogP contribution in [-0.4, -0.2) is 30.5 Å². The number of esters is 2. The van der Waals surface area contributed by atoms with Crippen molar-refractivity contribution in [1.29, 1.82) is 0 Å². The van der Waals surface area contributed by atoms with Crippen LogP contribution in [-0.2, 0) is 19.1 Å². The maximum absolute atomic E-state index is 11.9. The first-order chi connectivity index (χ1) is 10.7. The molecule has 0 aliphatic heterocycles. The number of ether oxygens (including phenoxy) is 2. The van der Waals surface area contributed by atoms with Crippen molar-refractivity contribution in [2.24, 2.45) is 11.8 Å². The topological polar surface area (TPSA) is 52.6 Å². The molecule has 1 saturated carbocycles. The van der Waals surface area contributed by atoms with Gasteiger partial charge in [-0.1, -0.05) is 48.5 Å². The molecule has 0 N–H and O–H groups in total. The lowest BCUT2D eigenvalue weighted by Crippen LogP contribution is -2.22. The number of rotatable bonds is 10. The Morgan fingerprint density at radius 1 is 1.09 bits per heavy atom. The fraction of sp³-hybridized carbons (Fsp3) is 0.882. The van der Waals surface area contributed by atoms with E-state index in [4.69, 9.17) is 9.47 Å². The van der Waals surface area contributed by atoms with Gasteiger partial charge in [0.25, 0.3) is 0 Å². The summed E-state index contributed by atoms with van der Waals surface area (Å²) in [6.45, 7) is 2.97. The highest BCUT2D eigenvalue weighted by Crippen LogP contribution is 2.24. The molecule has 128 valence electrons. The fourth-order valence-electron chi connectivity index (χ4n) is 2.65. The van der Waals surface area contributed by atoms with Gasteiger partial charge in [0.15, 0.2) is 0 Å². The van der Waals surface area contributed by atoms with Gasteiger partial charge in [-0.3, -0.25) is 9.59 Å². The second kappa shape index (κ2) is 11.9. The smallest absolute Gasteiger partial charge is 0.309 e. The van der Waals surface area contributed by atoms with Gasteiger partial charge in [-0.05, 0) is 32.1 Å². The lowest BCUT2D eigenvalue weighted by Gasteiger charge is -2.20. The van der Waals surface area contributed by atoms with E-state index in [0.717, 1.165) is 38.5 Å². The highest BCUT2D eigenvalue weighted by molar-refractivity contribution is 9.09. The van der Waals surface area contributed by atoms with Gasteiger partial charge in [0.1, 0.15) is 0 Å². The molecule has 1 aliphatic carbocycles. The van der Waals surface area contributed by atoms with E-state index < -0.39 is 0 Å². The second-order valence-corrected chi connectivity index (χ2v) is 6.66. The number of carbonyl (C=O) groups excluding carboxylic acids is 2. The molecule has 0 aromatic heterocycles. The molecule has 1 aliphatic rings. The molecule has 4 nitrogen and oxygen atoms in total. The van der Waals surface area contributed by atoms with Crippen LogP contribution in [0.4, 0.5) is 0 Å². The Morgan fingerprint density at radius 2 is 1.77 bits per heavy atom. The van der Waals surface area contributed by atoms with Gasteiger partial charge in [0.2, 0.25) is 0 Å². The summed E-state index contributed by atoms with van der Waals surface area (Å²) in [4.78, 5) is 23.8. The van der Waals surface area contributed by atoms with Crippen molar-refractivity contribution in [2.75, 3.05) is 18.5 Å². The number of halogens is 1. The van der Waals surface area contributed by atoms with Gasteiger partial charge >= 0.3 is 11.9 Å². The molecule has 0 heterocycles. The summed E-state index contributed by atoms with van der Waals surface area (Å²) >= 11 is 3.36. The van der Waals surface area contributed by atoms with E-state index in [9.17, 15) is 9.59 Å². The first-order valence-corrected chi connectivity index (χ1v) is 9.70. The Labute approximate surface area is 142 Å². The Bertz CT molecular complexity index is 327. The van der Waals surface area contributed by atoms with E-state index >= 15 is 0 Å². The molecule has 5 heteroatoms. The molecule has 1 atom stereocenters. The van der Waals surface area contributed by atoms with Crippen LogP contribution in [0.2, 0.25) is 0 Å². The van der Waals surface area contributed by atoms with Gasteiger partial charge in [0, 0.05) is 5.33 Å². The predicted octanol–water partition coefficient (Wildman–Crippen LogP) is 4.24. The van der Waals surface area contributed by atoms with Gasteiger partial charge in [-0.25, -0.2) is 0 Å². The first-order valence-electron chi connectivity index (χ1n) is 8.58. The molecule has 1 rings (SSSR count). The summed E-state index contributed by atoms with van der Waals surface area (Å²) in [6, 6.07) is 0. The van der Waals surface area contributed by atoms with E-state index in [2.05, 4.69) is 22.9 Å². The highest BCUT2D eigenvalue weighted by atomic mass is 79.9. The van der Waals surface area contributed by atoms with E-state index in [0.29, 0.717) is 31.4 Å². The number of carbonyl (C=O) groups is 2. The molecule has 0 amide bonds. The summed E-state index contributed by atoms with van der Waals surface area (Å²) in [7, 11) is 0. The van der Waals surface area contributed by atoms with Crippen LogP contribution in [0.3, 0.4) is 0 Å². The summed E-state index contributed by atoms with van der Waals surface area (Å²) in [5.41, 5.74) is 0. The number of hydrogen-bond donors (Lipinski definition) is 0. The predicted molar refractivity (Wildman–Crippen MR) is 89.9 cm³/mol. The third kappa shape index (κ3) is 7.61. The summed E-state index contributed by atoms with van der Waals surface area (Å²) < 4.78 is 10.6. The summed E-state index contributed by atoms with van der Waals surface area (Å²) in [5, 5.41) is 0.592. The van der Waals surface area contributed by atoms with Crippen molar-refractivity contribution in [2.45, 2.75) is 64.7 Å². The molecular weight excluding hydrogens is 348 g/mol. The van der Waals surface area contributed by atoms with Crippen LogP contribution in [0.25, 0.3) is 0 Å².